The van der Waals surface area contributed by atoms with Crippen molar-refractivity contribution in [3.8, 4) is 0 Å². The van der Waals surface area contributed by atoms with E-state index in [2.05, 4.69) is 36.5 Å². The summed E-state index contributed by atoms with van der Waals surface area (Å²) < 4.78 is 0. The van der Waals surface area contributed by atoms with Crippen LogP contribution in [0.3, 0.4) is 0 Å². The SMILES string of the molecule is Cc1ccc(CSCCNC(=O)C(C)CN)cc1. The molecule has 0 saturated carbocycles. The summed E-state index contributed by atoms with van der Waals surface area (Å²) in [7, 11) is 0. The number of amides is 1. The van der Waals surface area contributed by atoms with Gasteiger partial charge in [-0.1, -0.05) is 36.8 Å². The Morgan fingerprint density at radius 1 is 1.39 bits per heavy atom. The van der Waals surface area contributed by atoms with Crippen LogP contribution in [-0.2, 0) is 10.5 Å². The lowest BCUT2D eigenvalue weighted by atomic mass is 10.2. The van der Waals surface area contributed by atoms with Crippen LogP contribution in [-0.4, -0.2) is 24.7 Å². The van der Waals surface area contributed by atoms with Crippen molar-refractivity contribution in [3.63, 3.8) is 0 Å². The minimum Gasteiger partial charge on any atom is -0.355 e. The number of aryl methyl sites for hydroxylation is 1. The van der Waals surface area contributed by atoms with Crippen molar-refractivity contribution in [2.75, 3.05) is 18.8 Å². The normalized spacial score (nSPS) is 12.2. The molecule has 0 bridgehead atoms. The first-order valence-corrected chi connectivity index (χ1v) is 7.40. The largest absolute Gasteiger partial charge is 0.355 e. The van der Waals surface area contributed by atoms with Crippen molar-refractivity contribution >= 4 is 17.7 Å². The lowest BCUT2D eigenvalue weighted by Crippen LogP contribution is -2.34. The first kappa shape index (κ1) is 15.1. The van der Waals surface area contributed by atoms with Gasteiger partial charge in [0.15, 0.2) is 0 Å². The van der Waals surface area contributed by atoms with Gasteiger partial charge >= 0.3 is 0 Å². The number of thioether (sulfide) groups is 1. The van der Waals surface area contributed by atoms with Crippen LogP contribution >= 0.6 is 11.8 Å². The van der Waals surface area contributed by atoms with Gasteiger partial charge in [0.25, 0.3) is 0 Å². The standard InChI is InChI=1S/C14H22N2OS/c1-11-3-5-13(6-4-11)10-18-8-7-16-14(17)12(2)9-15/h3-6,12H,7-10,15H2,1-2H3,(H,16,17). The minimum atomic E-state index is -0.0906. The zero-order valence-electron chi connectivity index (χ0n) is 11.1. The van der Waals surface area contributed by atoms with Gasteiger partial charge in [-0.05, 0) is 12.5 Å². The van der Waals surface area contributed by atoms with Crippen LogP contribution in [0.1, 0.15) is 18.1 Å². The number of carbonyl (C=O) groups is 1. The van der Waals surface area contributed by atoms with Crippen molar-refractivity contribution in [1.29, 1.82) is 0 Å². The third-order valence-corrected chi connectivity index (χ3v) is 3.77. The van der Waals surface area contributed by atoms with Gasteiger partial charge in [0.2, 0.25) is 5.91 Å². The Balaban J connectivity index is 2.12. The Bertz CT molecular complexity index is 365. The fourth-order valence-corrected chi connectivity index (χ4v) is 2.22. The van der Waals surface area contributed by atoms with E-state index in [1.54, 1.807) is 0 Å². The van der Waals surface area contributed by atoms with E-state index in [0.717, 1.165) is 11.5 Å². The second-order valence-electron chi connectivity index (χ2n) is 4.47. The van der Waals surface area contributed by atoms with Gasteiger partial charge in [0.05, 0.1) is 0 Å². The third-order valence-electron chi connectivity index (χ3n) is 2.74. The molecule has 0 heterocycles. The van der Waals surface area contributed by atoms with E-state index in [9.17, 15) is 4.79 Å². The first-order chi connectivity index (χ1) is 8.63. The summed E-state index contributed by atoms with van der Waals surface area (Å²) in [5, 5.41) is 2.89. The summed E-state index contributed by atoms with van der Waals surface area (Å²) in [6.45, 7) is 5.04. The minimum absolute atomic E-state index is 0.0495. The Morgan fingerprint density at radius 3 is 2.67 bits per heavy atom. The molecular formula is C14H22N2OS. The maximum atomic E-state index is 11.4. The fourth-order valence-electron chi connectivity index (χ4n) is 1.40. The zero-order chi connectivity index (χ0) is 13.4. The highest BCUT2D eigenvalue weighted by atomic mass is 32.2. The summed E-state index contributed by atoms with van der Waals surface area (Å²) in [5.74, 6) is 1.87. The number of nitrogens with two attached hydrogens (primary N) is 1. The van der Waals surface area contributed by atoms with Crippen LogP contribution in [0.2, 0.25) is 0 Å². The molecule has 0 fully saturated rings. The number of nitrogens with one attached hydrogen (secondary N) is 1. The topological polar surface area (TPSA) is 55.1 Å². The van der Waals surface area contributed by atoms with Gasteiger partial charge < -0.3 is 11.1 Å². The highest BCUT2D eigenvalue weighted by Gasteiger charge is 2.08. The van der Waals surface area contributed by atoms with Gasteiger partial charge in [-0.3, -0.25) is 4.79 Å². The summed E-state index contributed by atoms with van der Waals surface area (Å²) in [4.78, 5) is 11.4. The maximum Gasteiger partial charge on any atom is 0.224 e. The molecule has 4 heteroatoms. The first-order valence-electron chi connectivity index (χ1n) is 6.24. The maximum absolute atomic E-state index is 11.4. The molecule has 18 heavy (non-hydrogen) atoms. The molecule has 0 aromatic heterocycles. The molecule has 1 amide bonds. The average Bonchev–Trinajstić information content (AvgIpc) is 2.39. The molecule has 1 aromatic rings. The van der Waals surface area contributed by atoms with E-state index < -0.39 is 0 Å². The summed E-state index contributed by atoms with van der Waals surface area (Å²) in [6.07, 6.45) is 0. The molecule has 1 unspecified atom stereocenters. The van der Waals surface area contributed by atoms with Crippen molar-refractivity contribution < 1.29 is 4.79 Å². The highest BCUT2D eigenvalue weighted by Crippen LogP contribution is 2.12. The van der Waals surface area contributed by atoms with E-state index >= 15 is 0 Å². The second kappa shape index (κ2) is 8.16. The lowest BCUT2D eigenvalue weighted by Gasteiger charge is -2.09. The Hall–Kier alpha value is -1.00. The summed E-state index contributed by atoms with van der Waals surface area (Å²) >= 11 is 1.83. The molecule has 1 atom stereocenters. The van der Waals surface area contributed by atoms with Gasteiger partial charge in [0, 0.05) is 30.5 Å². The van der Waals surface area contributed by atoms with Crippen LogP contribution in [0.25, 0.3) is 0 Å². The predicted molar refractivity (Wildman–Crippen MR) is 78.6 cm³/mol. The number of hydrogen-bond acceptors (Lipinski definition) is 3. The number of hydrogen-bond donors (Lipinski definition) is 2. The molecule has 0 aliphatic heterocycles. The van der Waals surface area contributed by atoms with E-state index in [1.165, 1.54) is 11.1 Å². The van der Waals surface area contributed by atoms with Gasteiger partial charge in [-0.2, -0.15) is 11.8 Å². The molecule has 0 aliphatic rings. The molecule has 0 radical (unpaired) electrons. The molecule has 0 aliphatic carbocycles. The smallest absolute Gasteiger partial charge is 0.224 e. The number of carbonyl (C=O) groups excluding carboxylic acids is 1. The molecule has 0 saturated heterocycles. The van der Waals surface area contributed by atoms with E-state index in [1.807, 2.05) is 18.7 Å². The predicted octanol–water partition coefficient (Wildman–Crippen LogP) is 1.94. The van der Waals surface area contributed by atoms with Gasteiger partial charge in [0.1, 0.15) is 0 Å². The van der Waals surface area contributed by atoms with E-state index in [4.69, 9.17) is 5.73 Å². The van der Waals surface area contributed by atoms with E-state index in [0.29, 0.717) is 13.1 Å². The van der Waals surface area contributed by atoms with Crippen LogP contribution < -0.4 is 11.1 Å². The Labute approximate surface area is 114 Å². The molecule has 100 valence electrons. The lowest BCUT2D eigenvalue weighted by molar-refractivity contribution is -0.124. The zero-order valence-corrected chi connectivity index (χ0v) is 11.9. The molecular weight excluding hydrogens is 244 g/mol. The van der Waals surface area contributed by atoms with Crippen molar-refractivity contribution in [1.82, 2.24) is 5.32 Å². The average molecular weight is 266 g/mol. The van der Waals surface area contributed by atoms with Crippen LogP contribution in [0.4, 0.5) is 0 Å². The quantitative estimate of drug-likeness (QED) is 0.742. The van der Waals surface area contributed by atoms with Crippen molar-refractivity contribution in [2.45, 2.75) is 19.6 Å². The Kier molecular flexibility index (Phi) is 6.83. The third kappa shape index (κ3) is 5.56. The van der Waals surface area contributed by atoms with Crippen molar-refractivity contribution in [3.05, 3.63) is 35.4 Å². The molecule has 1 aromatic carbocycles. The Morgan fingerprint density at radius 2 is 2.06 bits per heavy atom. The monoisotopic (exact) mass is 266 g/mol. The molecule has 3 nitrogen and oxygen atoms in total. The highest BCUT2D eigenvalue weighted by molar-refractivity contribution is 7.98. The molecule has 0 spiro atoms. The van der Waals surface area contributed by atoms with Gasteiger partial charge in [-0.15, -0.1) is 0 Å². The summed E-state index contributed by atoms with van der Waals surface area (Å²) in [5.41, 5.74) is 8.04. The second-order valence-corrected chi connectivity index (χ2v) is 5.57. The van der Waals surface area contributed by atoms with Crippen molar-refractivity contribution in [2.24, 2.45) is 11.7 Å². The molecule has 1 rings (SSSR count). The molecule has 3 N–H and O–H groups in total. The fraction of sp³-hybridized carbons (Fsp3) is 0.500. The summed E-state index contributed by atoms with van der Waals surface area (Å²) in [6, 6.07) is 8.55. The van der Waals surface area contributed by atoms with Crippen LogP contribution in [0, 0.1) is 12.8 Å². The van der Waals surface area contributed by atoms with Gasteiger partial charge in [-0.25, -0.2) is 0 Å². The van der Waals surface area contributed by atoms with Crippen LogP contribution in [0.15, 0.2) is 24.3 Å². The number of benzene rings is 1. The number of rotatable bonds is 7. The van der Waals surface area contributed by atoms with Crippen LogP contribution in [0.5, 0.6) is 0 Å². The van der Waals surface area contributed by atoms with E-state index in [-0.39, 0.29) is 11.8 Å².